The van der Waals surface area contributed by atoms with Crippen LogP contribution < -0.4 is 15.0 Å². The van der Waals surface area contributed by atoms with E-state index in [0.29, 0.717) is 24.5 Å². The van der Waals surface area contributed by atoms with Crippen LogP contribution in [-0.2, 0) is 13.0 Å². The molecule has 8 nitrogen and oxygen atoms in total. The molecule has 8 heteroatoms. The maximum absolute atomic E-state index is 13.1. The highest BCUT2D eigenvalue weighted by Crippen LogP contribution is 2.27. The Bertz CT molecular complexity index is 1210. The molecule has 3 aromatic rings. The second-order valence-corrected chi connectivity index (χ2v) is 6.97. The molecule has 0 bridgehead atoms. The molecule has 1 aromatic heterocycles. The third kappa shape index (κ3) is 4.95. The molecule has 0 saturated carbocycles. The van der Waals surface area contributed by atoms with Crippen LogP contribution >= 0.6 is 0 Å². The van der Waals surface area contributed by atoms with Gasteiger partial charge in [0.15, 0.2) is 5.69 Å². The average Bonchev–Trinajstić information content (AvgIpc) is 2.81. The summed E-state index contributed by atoms with van der Waals surface area (Å²) in [7, 11) is 1.59. The summed E-state index contributed by atoms with van der Waals surface area (Å²) in [5.41, 5.74) is 1.27. The van der Waals surface area contributed by atoms with Crippen LogP contribution in [0, 0.1) is 18.3 Å². The van der Waals surface area contributed by atoms with Crippen LogP contribution in [0.4, 0.5) is 11.4 Å². The summed E-state index contributed by atoms with van der Waals surface area (Å²) in [6.45, 7) is 4.20. The SMILES string of the molecule is CCOc1ccc(N=Nc2c(C)c(C#N)c(O)n(CCc3ccc(OC)cc3)c2=O)cc1. The molecule has 3 rings (SSSR count). The fraction of sp³-hybridized carbons (Fsp3) is 0.250. The van der Waals surface area contributed by atoms with Crippen LogP contribution in [-0.4, -0.2) is 23.4 Å². The summed E-state index contributed by atoms with van der Waals surface area (Å²) in [5.74, 6) is 1.07. The summed E-state index contributed by atoms with van der Waals surface area (Å²) in [6, 6.07) is 16.3. The number of rotatable bonds is 8. The van der Waals surface area contributed by atoms with Gasteiger partial charge in [0, 0.05) is 12.1 Å². The summed E-state index contributed by atoms with van der Waals surface area (Å²) < 4.78 is 11.7. The van der Waals surface area contributed by atoms with Crippen molar-refractivity contribution in [3.63, 3.8) is 0 Å². The van der Waals surface area contributed by atoms with Gasteiger partial charge in [0.1, 0.15) is 23.1 Å². The molecule has 0 aliphatic rings. The van der Waals surface area contributed by atoms with Crippen molar-refractivity contribution in [3.05, 3.63) is 75.6 Å². The number of aryl methyl sites for hydroxylation is 1. The lowest BCUT2D eigenvalue weighted by atomic mass is 10.1. The molecule has 0 saturated heterocycles. The Morgan fingerprint density at radius 1 is 1.06 bits per heavy atom. The largest absolute Gasteiger partial charge is 0.497 e. The molecule has 0 aliphatic carbocycles. The highest BCUT2D eigenvalue weighted by molar-refractivity contribution is 5.57. The van der Waals surface area contributed by atoms with Crippen molar-refractivity contribution in [1.82, 2.24) is 4.57 Å². The van der Waals surface area contributed by atoms with E-state index in [1.165, 1.54) is 0 Å². The molecule has 164 valence electrons. The zero-order chi connectivity index (χ0) is 23.1. The van der Waals surface area contributed by atoms with Gasteiger partial charge in [-0.3, -0.25) is 9.36 Å². The summed E-state index contributed by atoms with van der Waals surface area (Å²) in [5, 5.41) is 28.3. The first-order valence-electron chi connectivity index (χ1n) is 10.1. The van der Waals surface area contributed by atoms with Gasteiger partial charge >= 0.3 is 0 Å². The van der Waals surface area contributed by atoms with Gasteiger partial charge < -0.3 is 14.6 Å². The Morgan fingerprint density at radius 2 is 1.72 bits per heavy atom. The Labute approximate surface area is 186 Å². The Morgan fingerprint density at radius 3 is 2.31 bits per heavy atom. The number of hydrogen-bond acceptors (Lipinski definition) is 7. The first kappa shape index (κ1) is 22.6. The second kappa shape index (κ2) is 10.3. The Kier molecular flexibility index (Phi) is 7.24. The quantitative estimate of drug-likeness (QED) is 0.514. The molecule has 0 spiro atoms. The van der Waals surface area contributed by atoms with E-state index in [9.17, 15) is 15.2 Å². The fourth-order valence-electron chi connectivity index (χ4n) is 3.18. The van der Waals surface area contributed by atoms with Crippen LogP contribution in [0.1, 0.15) is 23.6 Å². The van der Waals surface area contributed by atoms with Crippen LogP contribution in [0.2, 0.25) is 0 Å². The van der Waals surface area contributed by atoms with E-state index < -0.39 is 5.56 Å². The zero-order valence-electron chi connectivity index (χ0n) is 18.2. The molecular weight excluding hydrogens is 408 g/mol. The van der Waals surface area contributed by atoms with Gasteiger partial charge in [0.2, 0.25) is 5.88 Å². The van der Waals surface area contributed by atoms with Gasteiger partial charge in [-0.05, 0) is 62.2 Å². The van der Waals surface area contributed by atoms with Crippen LogP contribution in [0.25, 0.3) is 0 Å². The van der Waals surface area contributed by atoms with Gasteiger partial charge in [-0.1, -0.05) is 12.1 Å². The Hall–Kier alpha value is -4.12. The van der Waals surface area contributed by atoms with Crippen LogP contribution in [0.3, 0.4) is 0 Å². The highest BCUT2D eigenvalue weighted by atomic mass is 16.5. The lowest BCUT2D eigenvalue weighted by Crippen LogP contribution is -2.22. The number of hydrogen-bond donors (Lipinski definition) is 1. The van der Waals surface area contributed by atoms with Crippen LogP contribution in [0.15, 0.2) is 63.6 Å². The van der Waals surface area contributed by atoms with Crippen molar-refractivity contribution < 1.29 is 14.6 Å². The van der Waals surface area contributed by atoms with Gasteiger partial charge in [0.05, 0.1) is 19.4 Å². The van der Waals surface area contributed by atoms with E-state index in [1.54, 1.807) is 38.3 Å². The molecule has 0 unspecified atom stereocenters. The van der Waals surface area contributed by atoms with E-state index >= 15 is 0 Å². The van der Waals surface area contributed by atoms with E-state index in [4.69, 9.17) is 9.47 Å². The minimum atomic E-state index is -0.512. The summed E-state index contributed by atoms with van der Waals surface area (Å²) in [6.07, 6.45) is 0.473. The molecule has 0 aliphatic heterocycles. The van der Waals surface area contributed by atoms with Crippen molar-refractivity contribution in [1.29, 1.82) is 5.26 Å². The highest BCUT2D eigenvalue weighted by Gasteiger charge is 2.19. The maximum Gasteiger partial charge on any atom is 0.281 e. The van der Waals surface area contributed by atoms with E-state index in [-0.39, 0.29) is 29.2 Å². The molecule has 0 radical (unpaired) electrons. The number of azo groups is 1. The number of aromatic nitrogens is 1. The standard InChI is InChI=1S/C24H24N4O4/c1-4-32-20-11-7-18(8-12-20)26-27-22-16(2)21(15-25)23(29)28(24(22)30)14-13-17-5-9-19(31-3)10-6-17/h5-12,29H,4,13-14H2,1-3H3. The lowest BCUT2D eigenvalue weighted by molar-refractivity contribution is 0.340. The smallest absolute Gasteiger partial charge is 0.281 e. The average molecular weight is 432 g/mol. The molecule has 1 N–H and O–H groups in total. The minimum absolute atomic E-state index is 0.0000235. The monoisotopic (exact) mass is 432 g/mol. The van der Waals surface area contributed by atoms with Gasteiger partial charge in [0.25, 0.3) is 5.56 Å². The number of methoxy groups -OCH3 is 1. The molecule has 0 fully saturated rings. The zero-order valence-corrected chi connectivity index (χ0v) is 18.2. The van der Waals surface area contributed by atoms with Gasteiger partial charge in [-0.15, -0.1) is 5.11 Å². The Balaban J connectivity index is 1.92. The number of aromatic hydroxyl groups is 1. The molecule has 32 heavy (non-hydrogen) atoms. The van der Waals surface area contributed by atoms with Crippen molar-refractivity contribution in [2.24, 2.45) is 10.2 Å². The van der Waals surface area contributed by atoms with Crippen molar-refractivity contribution in [3.8, 4) is 23.4 Å². The van der Waals surface area contributed by atoms with Gasteiger partial charge in [-0.2, -0.15) is 10.4 Å². The number of nitriles is 1. The van der Waals surface area contributed by atoms with Gasteiger partial charge in [-0.25, -0.2) is 0 Å². The molecule has 2 aromatic carbocycles. The van der Waals surface area contributed by atoms with Crippen molar-refractivity contribution in [2.75, 3.05) is 13.7 Å². The number of ether oxygens (including phenoxy) is 2. The van der Waals surface area contributed by atoms with E-state index in [1.807, 2.05) is 37.3 Å². The van der Waals surface area contributed by atoms with E-state index in [2.05, 4.69) is 10.2 Å². The number of pyridine rings is 1. The predicted octanol–water partition coefficient (Wildman–Crippen LogP) is 4.80. The normalized spacial score (nSPS) is 10.8. The topological polar surface area (TPSA) is 109 Å². The molecule has 0 atom stereocenters. The van der Waals surface area contributed by atoms with E-state index in [0.717, 1.165) is 15.9 Å². The maximum atomic E-state index is 13.1. The van der Waals surface area contributed by atoms with Crippen molar-refractivity contribution >= 4 is 11.4 Å². The third-order valence-corrected chi connectivity index (χ3v) is 4.97. The molecular formula is C24H24N4O4. The number of benzene rings is 2. The summed E-state index contributed by atoms with van der Waals surface area (Å²) >= 11 is 0. The van der Waals surface area contributed by atoms with Crippen LogP contribution in [0.5, 0.6) is 17.4 Å². The molecule has 1 heterocycles. The third-order valence-electron chi connectivity index (χ3n) is 4.97. The second-order valence-electron chi connectivity index (χ2n) is 6.97. The predicted molar refractivity (Wildman–Crippen MR) is 120 cm³/mol. The first-order valence-corrected chi connectivity index (χ1v) is 10.1. The van der Waals surface area contributed by atoms with Crippen molar-refractivity contribution in [2.45, 2.75) is 26.8 Å². The fourth-order valence-corrected chi connectivity index (χ4v) is 3.18. The number of nitrogens with zero attached hydrogens (tertiary/aromatic N) is 4. The lowest BCUT2D eigenvalue weighted by Gasteiger charge is -2.13. The molecule has 0 amide bonds. The summed E-state index contributed by atoms with van der Waals surface area (Å²) in [4.78, 5) is 13.1. The minimum Gasteiger partial charge on any atom is -0.497 e. The first-order chi connectivity index (χ1) is 15.5.